The molecule has 0 saturated heterocycles. The molecule has 0 atom stereocenters. The van der Waals surface area contributed by atoms with Crippen LogP contribution in [0, 0.1) is 5.92 Å². The molecule has 0 fully saturated rings. The first kappa shape index (κ1) is 10.5. The maximum Gasteiger partial charge on any atom is 0.118 e. The number of rotatable bonds is 4. The fourth-order valence-electron chi connectivity index (χ4n) is 0.935. The van der Waals surface area contributed by atoms with Gasteiger partial charge in [0.25, 0.3) is 0 Å². The third-order valence-corrected chi connectivity index (χ3v) is 3.08. The Kier molecular flexibility index (Phi) is 4.16. The Balaban J connectivity index is 2.49. The van der Waals surface area contributed by atoms with Crippen LogP contribution in [0.3, 0.4) is 0 Å². The summed E-state index contributed by atoms with van der Waals surface area (Å²) < 4.78 is 5.09. The van der Waals surface area contributed by atoms with Crippen molar-refractivity contribution in [2.45, 2.75) is 18.7 Å². The second-order valence-corrected chi connectivity index (χ2v) is 4.47. The molecule has 13 heavy (non-hydrogen) atoms. The van der Waals surface area contributed by atoms with Gasteiger partial charge in [-0.25, -0.2) is 0 Å². The van der Waals surface area contributed by atoms with Crippen LogP contribution in [-0.4, -0.2) is 12.9 Å². The highest BCUT2D eigenvalue weighted by Crippen LogP contribution is 2.22. The number of methoxy groups -OCH3 is 1. The van der Waals surface area contributed by atoms with E-state index >= 15 is 0 Å². The molecule has 0 aliphatic heterocycles. The molecule has 0 aromatic heterocycles. The van der Waals surface area contributed by atoms with Gasteiger partial charge in [-0.2, -0.15) is 0 Å². The summed E-state index contributed by atoms with van der Waals surface area (Å²) in [5.41, 5.74) is 0. The van der Waals surface area contributed by atoms with Crippen LogP contribution in [0.2, 0.25) is 0 Å². The first-order valence-electron chi connectivity index (χ1n) is 4.49. The van der Waals surface area contributed by atoms with E-state index in [0.717, 1.165) is 11.7 Å². The summed E-state index contributed by atoms with van der Waals surface area (Å²) in [4.78, 5) is 1.31. The van der Waals surface area contributed by atoms with E-state index in [1.54, 1.807) is 7.11 Å². The molecular formula is C11H16OS. The van der Waals surface area contributed by atoms with Gasteiger partial charge in [-0.1, -0.05) is 13.8 Å². The number of hydrogen-bond acceptors (Lipinski definition) is 2. The van der Waals surface area contributed by atoms with E-state index in [4.69, 9.17) is 4.74 Å². The van der Waals surface area contributed by atoms with Crippen LogP contribution in [0.5, 0.6) is 5.75 Å². The van der Waals surface area contributed by atoms with Crippen LogP contribution in [0.25, 0.3) is 0 Å². The van der Waals surface area contributed by atoms with Crippen molar-refractivity contribution in [1.29, 1.82) is 0 Å². The third-order valence-electron chi connectivity index (χ3n) is 1.64. The van der Waals surface area contributed by atoms with Crippen LogP contribution in [-0.2, 0) is 0 Å². The minimum absolute atomic E-state index is 0.743. The Hall–Kier alpha value is -0.630. The summed E-state index contributed by atoms with van der Waals surface area (Å²) in [5.74, 6) is 2.84. The topological polar surface area (TPSA) is 9.23 Å². The number of thioether (sulfide) groups is 1. The predicted octanol–water partition coefficient (Wildman–Crippen LogP) is 3.44. The van der Waals surface area contributed by atoms with E-state index in [1.807, 2.05) is 23.9 Å². The lowest BCUT2D eigenvalue weighted by Gasteiger charge is -2.05. The van der Waals surface area contributed by atoms with Crippen LogP contribution in [0.15, 0.2) is 29.2 Å². The van der Waals surface area contributed by atoms with E-state index < -0.39 is 0 Å². The van der Waals surface area contributed by atoms with Gasteiger partial charge in [0.05, 0.1) is 7.11 Å². The molecule has 0 saturated carbocycles. The van der Waals surface area contributed by atoms with Gasteiger partial charge >= 0.3 is 0 Å². The van der Waals surface area contributed by atoms with Gasteiger partial charge in [0.15, 0.2) is 0 Å². The average molecular weight is 196 g/mol. The summed E-state index contributed by atoms with van der Waals surface area (Å²) in [6.07, 6.45) is 0. The lowest BCUT2D eigenvalue weighted by molar-refractivity contribution is 0.414. The lowest BCUT2D eigenvalue weighted by Crippen LogP contribution is -1.89. The van der Waals surface area contributed by atoms with Crippen molar-refractivity contribution in [3.05, 3.63) is 24.3 Å². The van der Waals surface area contributed by atoms with Crippen molar-refractivity contribution < 1.29 is 4.74 Å². The second kappa shape index (κ2) is 5.18. The first-order valence-corrected chi connectivity index (χ1v) is 5.48. The van der Waals surface area contributed by atoms with Gasteiger partial charge in [0.2, 0.25) is 0 Å². The molecular weight excluding hydrogens is 180 g/mol. The molecule has 0 spiro atoms. The van der Waals surface area contributed by atoms with E-state index in [1.165, 1.54) is 10.6 Å². The van der Waals surface area contributed by atoms with Crippen LogP contribution < -0.4 is 4.74 Å². The average Bonchev–Trinajstić information content (AvgIpc) is 2.15. The van der Waals surface area contributed by atoms with E-state index in [-0.39, 0.29) is 0 Å². The van der Waals surface area contributed by atoms with Crippen molar-refractivity contribution in [2.75, 3.05) is 12.9 Å². The van der Waals surface area contributed by atoms with Gasteiger partial charge < -0.3 is 4.74 Å². The molecule has 1 aromatic rings. The zero-order valence-corrected chi connectivity index (χ0v) is 9.23. The summed E-state index contributed by atoms with van der Waals surface area (Å²) in [7, 11) is 1.69. The Morgan fingerprint density at radius 3 is 2.31 bits per heavy atom. The summed E-state index contributed by atoms with van der Waals surface area (Å²) in [6, 6.07) is 8.21. The summed E-state index contributed by atoms with van der Waals surface area (Å²) in [5, 5.41) is 0. The van der Waals surface area contributed by atoms with Gasteiger partial charge in [-0.05, 0) is 30.2 Å². The van der Waals surface area contributed by atoms with E-state index in [9.17, 15) is 0 Å². The standard InChI is InChI=1S/C11H16OS/c1-9(2)8-13-11-6-4-10(12-3)5-7-11/h4-7,9H,8H2,1-3H3. The molecule has 0 bridgehead atoms. The van der Waals surface area contributed by atoms with Crippen LogP contribution in [0.1, 0.15) is 13.8 Å². The molecule has 1 rings (SSSR count). The normalized spacial score (nSPS) is 10.5. The van der Waals surface area contributed by atoms with Gasteiger partial charge in [-0.3, -0.25) is 0 Å². The zero-order valence-electron chi connectivity index (χ0n) is 8.41. The molecule has 0 aliphatic rings. The third kappa shape index (κ3) is 3.73. The monoisotopic (exact) mass is 196 g/mol. The van der Waals surface area contributed by atoms with E-state index in [0.29, 0.717) is 0 Å². The van der Waals surface area contributed by atoms with Crippen molar-refractivity contribution in [2.24, 2.45) is 5.92 Å². The highest BCUT2D eigenvalue weighted by molar-refractivity contribution is 7.99. The Labute approximate surface area is 84.5 Å². The van der Waals surface area contributed by atoms with Gasteiger partial charge in [-0.15, -0.1) is 11.8 Å². The fraction of sp³-hybridized carbons (Fsp3) is 0.455. The van der Waals surface area contributed by atoms with Crippen molar-refractivity contribution >= 4 is 11.8 Å². The highest BCUT2D eigenvalue weighted by Gasteiger charge is 1.97. The van der Waals surface area contributed by atoms with Crippen molar-refractivity contribution in [1.82, 2.24) is 0 Å². The maximum absolute atomic E-state index is 5.09. The quantitative estimate of drug-likeness (QED) is 0.682. The molecule has 1 nitrogen and oxygen atoms in total. The Bertz CT molecular complexity index is 241. The SMILES string of the molecule is COc1ccc(SCC(C)C)cc1. The molecule has 0 heterocycles. The van der Waals surface area contributed by atoms with Crippen molar-refractivity contribution in [3.8, 4) is 5.75 Å². The molecule has 72 valence electrons. The molecule has 0 N–H and O–H groups in total. The maximum atomic E-state index is 5.09. The number of ether oxygens (including phenoxy) is 1. The largest absolute Gasteiger partial charge is 0.497 e. The van der Waals surface area contributed by atoms with E-state index in [2.05, 4.69) is 26.0 Å². The summed E-state index contributed by atoms with van der Waals surface area (Å²) in [6.45, 7) is 4.47. The van der Waals surface area contributed by atoms with Gasteiger partial charge in [0.1, 0.15) is 5.75 Å². The lowest BCUT2D eigenvalue weighted by atomic mass is 10.3. The Morgan fingerprint density at radius 2 is 1.85 bits per heavy atom. The van der Waals surface area contributed by atoms with Crippen LogP contribution >= 0.6 is 11.8 Å². The molecule has 0 unspecified atom stereocenters. The molecule has 2 heteroatoms. The highest BCUT2D eigenvalue weighted by atomic mass is 32.2. The molecule has 0 radical (unpaired) electrons. The molecule has 0 amide bonds. The predicted molar refractivity (Wildman–Crippen MR) is 58.6 cm³/mol. The minimum Gasteiger partial charge on any atom is -0.497 e. The minimum atomic E-state index is 0.743. The zero-order chi connectivity index (χ0) is 9.68. The van der Waals surface area contributed by atoms with Crippen molar-refractivity contribution in [3.63, 3.8) is 0 Å². The second-order valence-electron chi connectivity index (χ2n) is 3.38. The molecule has 1 aromatic carbocycles. The smallest absolute Gasteiger partial charge is 0.118 e. The van der Waals surface area contributed by atoms with Gasteiger partial charge in [0, 0.05) is 10.6 Å². The summed E-state index contributed by atoms with van der Waals surface area (Å²) >= 11 is 1.89. The van der Waals surface area contributed by atoms with Crippen LogP contribution in [0.4, 0.5) is 0 Å². The molecule has 0 aliphatic carbocycles. The number of benzene rings is 1. The Morgan fingerprint density at radius 1 is 1.23 bits per heavy atom. The number of hydrogen-bond donors (Lipinski definition) is 0. The first-order chi connectivity index (χ1) is 6.22. The fourth-order valence-corrected chi connectivity index (χ4v) is 1.79.